The van der Waals surface area contributed by atoms with Gasteiger partial charge in [0.1, 0.15) is 23.3 Å². The Morgan fingerprint density at radius 2 is 0.923 bits per heavy atom. The van der Waals surface area contributed by atoms with Crippen molar-refractivity contribution in [1.82, 2.24) is 9.80 Å². The number of carboxylic acids is 1. The number of hydrogen-bond acceptors (Lipinski definition) is 12. The second-order valence-corrected chi connectivity index (χ2v) is 20.6. The number of hydrogen-bond donors (Lipinski definition) is 8. The first-order valence-corrected chi connectivity index (χ1v) is 27.2. The van der Waals surface area contributed by atoms with Crippen LogP contribution in [0.5, 0.6) is 17.2 Å². The molecule has 0 fully saturated rings. The van der Waals surface area contributed by atoms with E-state index in [4.69, 9.17) is 46.2 Å². The number of benzene rings is 5. The van der Waals surface area contributed by atoms with Crippen LogP contribution in [0.1, 0.15) is 87.7 Å². The Morgan fingerprint density at radius 1 is 0.564 bits per heavy atom. The van der Waals surface area contributed by atoms with Crippen LogP contribution in [0.15, 0.2) is 134 Å². The molecule has 0 amide bonds. The minimum Gasteiger partial charge on any atom is -0.507 e. The standard InChI is InChI=1S/C13H18NO4P.C13H17NO.C12H13NO2.C11H13NO.C11H13N.CO2.H2O/c1-14(2)9-8-11-7-6-10-4-3-5-12(13(10)11)18-19(15,16)17;1-14(2)9-8-11-7-6-10-4-3-5-12(15)13(10)11;13-11(12(14)15)7-9-6-5-8-3-1-2-4-10(8)9;12-7-6-9-5-4-8-2-1-3-10(13)11(8)9;12-8-7-10-6-5-9-3-1-2-4-11(9)10;2-1-3;/h3-5,7H,6,8-9H2,1-2H3,(H2,15,16,17);3-5,7,15H,6,8-9H2,1-2H3;1-4,6,11H,5,7,13H2,(H,14,15);1-3,5,13H,4,6-7,12H2;1-4,6H,5,7-8,12H2;;1H2/t;;11-;;;;/m..0..../s1. The zero-order valence-corrected chi connectivity index (χ0v) is 45.9. The molecule has 5 aromatic rings. The normalized spacial score (nSPS) is 13.9. The van der Waals surface area contributed by atoms with Crippen LogP contribution >= 0.6 is 7.82 Å². The van der Waals surface area contributed by atoms with Crippen molar-refractivity contribution in [2.45, 2.75) is 70.3 Å². The predicted molar refractivity (Wildman–Crippen MR) is 309 cm³/mol. The summed E-state index contributed by atoms with van der Waals surface area (Å²) in [5.74, 6) is 0.137. The van der Waals surface area contributed by atoms with E-state index in [0.29, 0.717) is 24.5 Å². The summed E-state index contributed by atoms with van der Waals surface area (Å²) in [6.45, 7) is 3.30. The van der Waals surface area contributed by atoms with Gasteiger partial charge in [-0.05, 0) is 190 Å². The minimum atomic E-state index is -4.52. The lowest BCUT2D eigenvalue weighted by molar-refractivity contribution is -0.191. The predicted octanol–water partition coefficient (Wildman–Crippen LogP) is 8.01. The SMILES string of the molecule is CN(C)CCC1=CCc2cccc(O)c21.CN(C)CCC1=CCc2cccc(OP(=O)(O)O)c21.NCCC1=CCc2cccc(O)c21.NCCC1=CCc2ccccc21.N[C@@H](CC1=CCc2ccccc21)C(=O)O.O.O=C=O. The number of allylic oxidation sites excluding steroid dienone is 5. The number of phosphoric ester groups is 1. The molecule has 0 spiro atoms. The Morgan fingerprint density at radius 3 is 1.37 bits per heavy atom. The number of rotatable bonds is 15. The van der Waals surface area contributed by atoms with Crippen molar-refractivity contribution in [3.8, 4) is 17.2 Å². The van der Waals surface area contributed by atoms with Crippen LogP contribution in [0.4, 0.5) is 0 Å². The van der Waals surface area contributed by atoms with E-state index < -0.39 is 19.8 Å². The van der Waals surface area contributed by atoms with E-state index in [1.165, 1.54) is 44.5 Å². The fraction of sp³-hybridized carbons (Fsp3) is 0.311. The van der Waals surface area contributed by atoms with Crippen LogP contribution in [-0.2, 0) is 51.1 Å². The molecule has 78 heavy (non-hydrogen) atoms. The van der Waals surface area contributed by atoms with Gasteiger partial charge in [-0.1, -0.05) is 115 Å². The lowest BCUT2D eigenvalue weighted by Crippen LogP contribution is -2.30. The molecular formula is C61H76N5O11P. The molecule has 17 heteroatoms. The first-order chi connectivity index (χ1) is 36.9. The van der Waals surface area contributed by atoms with Crippen molar-refractivity contribution in [2.24, 2.45) is 17.2 Å². The van der Waals surface area contributed by atoms with Gasteiger partial charge < -0.3 is 52.3 Å². The summed E-state index contributed by atoms with van der Waals surface area (Å²) in [5.41, 5.74) is 34.3. The summed E-state index contributed by atoms with van der Waals surface area (Å²) in [7, 11) is 3.61. The van der Waals surface area contributed by atoms with Gasteiger partial charge in [-0.2, -0.15) is 9.59 Å². The maximum Gasteiger partial charge on any atom is 0.524 e. The summed E-state index contributed by atoms with van der Waals surface area (Å²) < 4.78 is 15.8. The molecule has 416 valence electrons. The average molecular weight is 1090 g/mol. The first kappa shape index (κ1) is 63.5. The molecule has 13 N–H and O–H groups in total. The number of aromatic hydroxyl groups is 2. The van der Waals surface area contributed by atoms with E-state index in [9.17, 15) is 19.6 Å². The topological polar surface area (TPSA) is 295 Å². The van der Waals surface area contributed by atoms with Crippen LogP contribution in [0.3, 0.4) is 0 Å². The Balaban J connectivity index is 0.000000208. The highest BCUT2D eigenvalue weighted by molar-refractivity contribution is 7.46. The summed E-state index contributed by atoms with van der Waals surface area (Å²) in [6.07, 6.45) is 19.9. The first-order valence-electron chi connectivity index (χ1n) is 25.7. The molecule has 0 bridgehead atoms. The number of phenolic OH excluding ortho intramolecular Hbond substituents is 2. The van der Waals surface area contributed by atoms with Gasteiger partial charge in [0.05, 0.1) is 0 Å². The highest BCUT2D eigenvalue weighted by Crippen LogP contribution is 2.45. The number of carbonyl (C=O) groups is 1. The highest BCUT2D eigenvalue weighted by Gasteiger charge is 2.25. The Labute approximate surface area is 458 Å². The molecule has 0 saturated carbocycles. The number of aliphatic carboxylic acids is 1. The average Bonchev–Trinajstić information content (AvgIpc) is 4.26. The molecule has 0 saturated heterocycles. The van der Waals surface area contributed by atoms with Gasteiger partial charge in [0.2, 0.25) is 0 Å². The molecule has 1 atom stereocenters. The third-order valence-electron chi connectivity index (χ3n) is 13.4. The second kappa shape index (κ2) is 31.4. The summed E-state index contributed by atoms with van der Waals surface area (Å²) >= 11 is 0. The number of phenols is 2. The second-order valence-electron chi connectivity index (χ2n) is 19.4. The Bertz CT molecular complexity index is 3060. The zero-order valence-electron chi connectivity index (χ0n) is 45.0. The van der Waals surface area contributed by atoms with Crippen LogP contribution in [0.25, 0.3) is 27.9 Å². The zero-order chi connectivity index (χ0) is 56.1. The van der Waals surface area contributed by atoms with Crippen molar-refractivity contribution in [2.75, 3.05) is 54.4 Å². The van der Waals surface area contributed by atoms with Crippen LogP contribution in [0.2, 0.25) is 0 Å². The molecule has 5 aromatic carbocycles. The molecule has 0 aliphatic heterocycles. The van der Waals surface area contributed by atoms with Gasteiger partial charge >= 0.3 is 19.9 Å². The summed E-state index contributed by atoms with van der Waals surface area (Å²) in [6, 6.07) is 32.6. The number of fused-ring (bicyclic) bond motifs is 5. The van der Waals surface area contributed by atoms with Gasteiger partial charge in [0, 0.05) is 29.8 Å². The smallest absolute Gasteiger partial charge is 0.507 e. The number of nitrogens with zero attached hydrogens (tertiary/aromatic N) is 2. The quantitative estimate of drug-likeness (QED) is 0.0461. The van der Waals surface area contributed by atoms with Crippen molar-refractivity contribution >= 4 is 47.8 Å². The van der Waals surface area contributed by atoms with Crippen LogP contribution in [0, 0.1) is 0 Å². The Kier molecular flexibility index (Phi) is 25.5. The number of carboxylic acid groups (broad SMARTS) is 1. The third kappa shape index (κ3) is 18.6. The van der Waals surface area contributed by atoms with Crippen LogP contribution in [-0.4, -0.2) is 113 Å². The number of carbonyl (C=O) groups excluding carboxylic acids is 2. The van der Waals surface area contributed by atoms with Gasteiger partial charge in [-0.3, -0.25) is 14.6 Å². The molecule has 16 nitrogen and oxygen atoms in total. The maximum atomic E-state index is 11.0. The molecule has 0 aromatic heterocycles. The number of phosphoric acid groups is 1. The maximum absolute atomic E-state index is 11.0. The van der Waals surface area contributed by atoms with E-state index in [2.05, 4.69) is 96.7 Å². The summed E-state index contributed by atoms with van der Waals surface area (Å²) in [5, 5.41) is 28.2. The Hall–Kier alpha value is -7.04. The number of nitrogens with two attached hydrogens (primary N) is 3. The molecule has 0 unspecified atom stereocenters. The monoisotopic (exact) mass is 1090 g/mol. The van der Waals surface area contributed by atoms with E-state index in [1.54, 1.807) is 24.3 Å². The molecular weight excluding hydrogens is 1010 g/mol. The van der Waals surface area contributed by atoms with E-state index in [1.807, 2.05) is 50.5 Å². The van der Waals surface area contributed by atoms with Crippen molar-refractivity contribution < 1.29 is 54.1 Å². The van der Waals surface area contributed by atoms with Crippen LogP contribution < -0.4 is 21.7 Å². The third-order valence-corrected chi connectivity index (χ3v) is 13.8. The van der Waals surface area contributed by atoms with Gasteiger partial charge in [-0.15, -0.1) is 0 Å². The lowest BCUT2D eigenvalue weighted by atomic mass is 10.0. The molecule has 10 rings (SSSR count). The molecule has 5 aliphatic rings. The van der Waals surface area contributed by atoms with Gasteiger partial charge in [-0.25, -0.2) is 4.57 Å². The fourth-order valence-corrected chi connectivity index (χ4v) is 10.1. The van der Waals surface area contributed by atoms with Crippen molar-refractivity contribution in [1.29, 1.82) is 0 Å². The minimum absolute atomic E-state index is 0. The van der Waals surface area contributed by atoms with Gasteiger partial charge in [0.15, 0.2) is 0 Å². The van der Waals surface area contributed by atoms with E-state index in [-0.39, 0.29) is 17.4 Å². The fourth-order valence-electron chi connectivity index (χ4n) is 9.72. The van der Waals surface area contributed by atoms with Crippen molar-refractivity contribution in [3.05, 3.63) is 189 Å². The molecule has 5 aliphatic carbocycles. The molecule has 0 heterocycles. The highest BCUT2D eigenvalue weighted by atomic mass is 31.2. The largest absolute Gasteiger partial charge is 0.524 e. The van der Waals surface area contributed by atoms with E-state index in [0.717, 1.165) is 116 Å². The molecule has 0 radical (unpaired) electrons. The van der Waals surface area contributed by atoms with Crippen molar-refractivity contribution in [3.63, 3.8) is 0 Å². The lowest BCUT2D eigenvalue weighted by Gasteiger charge is -2.15. The van der Waals surface area contributed by atoms with Gasteiger partial charge in [0.25, 0.3) is 0 Å². The van der Waals surface area contributed by atoms with E-state index >= 15 is 0 Å². The summed E-state index contributed by atoms with van der Waals surface area (Å²) in [4.78, 5) is 49.1.